The molecule has 0 unspecified atom stereocenters. The molecule has 0 radical (unpaired) electrons. The van der Waals surface area contributed by atoms with E-state index in [1.165, 1.54) is 0 Å². The highest BCUT2D eigenvalue weighted by Crippen LogP contribution is 2.38. The van der Waals surface area contributed by atoms with Gasteiger partial charge in [-0.3, -0.25) is 0 Å². The summed E-state index contributed by atoms with van der Waals surface area (Å²) < 4.78 is 0. The quantitative estimate of drug-likeness (QED) is 0.463. The highest BCUT2D eigenvalue weighted by Gasteiger charge is 2.09. The van der Waals surface area contributed by atoms with Crippen LogP contribution in [0.15, 0.2) is 70.9 Å². The molecule has 0 amide bonds. The van der Waals surface area contributed by atoms with Gasteiger partial charge in [-0.1, -0.05) is 84.0 Å². The largest absolute Gasteiger partial charge is 0.505 e. The van der Waals surface area contributed by atoms with E-state index in [1.807, 2.05) is 109 Å². The number of nitrogens with zero attached hydrogens (tertiary/aromatic N) is 2. The van der Waals surface area contributed by atoms with E-state index in [9.17, 15) is 5.11 Å². The lowest BCUT2D eigenvalue weighted by Gasteiger charge is -2.07. The molecule has 0 atom stereocenters. The van der Waals surface area contributed by atoms with Gasteiger partial charge in [-0.05, 0) is 36.1 Å². The van der Waals surface area contributed by atoms with E-state index < -0.39 is 0 Å². The molecule has 0 aliphatic rings. The Morgan fingerprint density at radius 3 is 1.85 bits per heavy atom. The summed E-state index contributed by atoms with van der Waals surface area (Å²) in [5, 5.41) is 20.5. The van der Waals surface area contributed by atoms with Gasteiger partial charge in [-0.25, -0.2) is 0 Å². The number of aryl methyl sites for hydroxylation is 1. The summed E-state index contributed by atoms with van der Waals surface area (Å²) >= 11 is 0. The first-order chi connectivity index (χ1) is 12.8. The number of aromatic hydroxyl groups is 1. The number of phenolic OH excluding ortho intramolecular Hbond substituents is 1. The van der Waals surface area contributed by atoms with Gasteiger partial charge in [-0.15, -0.1) is 5.11 Å². The zero-order valence-electron chi connectivity index (χ0n) is 17.1. The lowest BCUT2D eigenvalue weighted by atomic mass is 10.0. The Hall–Kier alpha value is -2.68. The van der Waals surface area contributed by atoms with E-state index in [0.29, 0.717) is 5.69 Å². The van der Waals surface area contributed by atoms with Crippen LogP contribution in [0.3, 0.4) is 0 Å². The van der Waals surface area contributed by atoms with Gasteiger partial charge in [0.05, 0.1) is 5.69 Å². The third-order valence-corrected chi connectivity index (χ3v) is 3.21. The summed E-state index contributed by atoms with van der Waals surface area (Å²) in [6, 6.07) is 19.2. The molecule has 0 spiro atoms. The molecule has 3 heteroatoms. The van der Waals surface area contributed by atoms with Crippen molar-refractivity contribution in [3.8, 4) is 5.75 Å². The van der Waals surface area contributed by atoms with Gasteiger partial charge in [0, 0.05) is 5.39 Å². The Morgan fingerprint density at radius 1 is 0.692 bits per heavy atom. The van der Waals surface area contributed by atoms with Crippen LogP contribution in [0.2, 0.25) is 0 Å². The monoisotopic (exact) mass is 352 g/mol. The Balaban J connectivity index is 0.000000948. The fraction of sp³-hybridized carbons (Fsp3) is 0.304. The Labute approximate surface area is 158 Å². The molecule has 1 N–H and O–H groups in total. The molecule has 3 aromatic rings. The first-order valence-electron chi connectivity index (χ1n) is 9.44. The van der Waals surface area contributed by atoms with Gasteiger partial charge in [0.25, 0.3) is 0 Å². The van der Waals surface area contributed by atoms with Gasteiger partial charge in [-0.2, -0.15) is 5.11 Å². The fourth-order valence-electron chi connectivity index (χ4n) is 2.18. The lowest BCUT2D eigenvalue weighted by molar-refractivity contribution is 0.482. The van der Waals surface area contributed by atoms with Crippen LogP contribution in [0.5, 0.6) is 5.75 Å². The molecular formula is C23H32N2O. The van der Waals surface area contributed by atoms with E-state index in [0.717, 1.165) is 22.0 Å². The van der Waals surface area contributed by atoms with Gasteiger partial charge in [0.15, 0.2) is 5.75 Å². The highest BCUT2D eigenvalue weighted by molar-refractivity contribution is 5.93. The van der Waals surface area contributed by atoms with Crippen LogP contribution in [-0.2, 0) is 0 Å². The molecule has 0 saturated heterocycles. The maximum absolute atomic E-state index is 10.4. The molecule has 3 nitrogen and oxygen atoms in total. The first kappa shape index (κ1) is 23.3. The number of phenols is 1. The maximum Gasteiger partial charge on any atom is 0.151 e. The fourth-order valence-corrected chi connectivity index (χ4v) is 2.18. The van der Waals surface area contributed by atoms with Crippen molar-refractivity contribution in [2.24, 2.45) is 10.2 Å². The summed E-state index contributed by atoms with van der Waals surface area (Å²) in [5.74, 6) is 0.181. The summed E-state index contributed by atoms with van der Waals surface area (Å²) in [6.45, 7) is 13.9. The van der Waals surface area contributed by atoms with Crippen LogP contribution in [0, 0.1) is 6.92 Å². The second-order valence-electron chi connectivity index (χ2n) is 4.65. The van der Waals surface area contributed by atoms with E-state index in [1.54, 1.807) is 0 Å². The van der Waals surface area contributed by atoms with Gasteiger partial charge in [0.2, 0.25) is 0 Å². The van der Waals surface area contributed by atoms with Crippen LogP contribution >= 0.6 is 0 Å². The zero-order valence-corrected chi connectivity index (χ0v) is 17.1. The minimum absolute atomic E-state index is 0.181. The van der Waals surface area contributed by atoms with Crippen LogP contribution in [0.1, 0.15) is 47.1 Å². The maximum atomic E-state index is 10.4. The number of hydrogen-bond acceptors (Lipinski definition) is 3. The second kappa shape index (κ2) is 13.6. The van der Waals surface area contributed by atoms with Crippen LogP contribution in [0.4, 0.5) is 11.4 Å². The van der Waals surface area contributed by atoms with Gasteiger partial charge in [0.1, 0.15) is 5.69 Å². The van der Waals surface area contributed by atoms with Crippen molar-refractivity contribution in [1.82, 2.24) is 0 Å². The van der Waals surface area contributed by atoms with Crippen molar-refractivity contribution >= 4 is 22.1 Å². The average Bonchev–Trinajstić information content (AvgIpc) is 2.73. The molecule has 0 aliphatic carbocycles. The highest BCUT2D eigenvalue weighted by atomic mass is 16.3. The zero-order chi connectivity index (χ0) is 19.9. The molecule has 0 aliphatic heterocycles. The van der Waals surface area contributed by atoms with Crippen molar-refractivity contribution < 1.29 is 5.11 Å². The minimum atomic E-state index is 0.181. The van der Waals surface area contributed by atoms with Crippen molar-refractivity contribution in [3.63, 3.8) is 0 Å². The first-order valence-corrected chi connectivity index (χ1v) is 9.44. The van der Waals surface area contributed by atoms with Gasteiger partial charge >= 0.3 is 0 Å². The summed E-state index contributed by atoms with van der Waals surface area (Å²) in [7, 11) is 0. The number of hydrogen-bond donors (Lipinski definition) is 1. The summed E-state index contributed by atoms with van der Waals surface area (Å²) in [4.78, 5) is 0. The standard InChI is InChI=1S/C17H14N2O.3C2H6/c1-12-11-13-7-5-6-10-15(13)17(20)16(12)19-18-14-8-3-2-4-9-14;3*1-2/h2-11,20H,1H3;3*1-2H3. The predicted molar refractivity (Wildman–Crippen MR) is 115 cm³/mol. The number of fused-ring (bicyclic) bond motifs is 1. The topological polar surface area (TPSA) is 45.0 Å². The van der Waals surface area contributed by atoms with Crippen molar-refractivity contribution in [2.75, 3.05) is 0 Å². The number of rotatable bonds is 2. The molecular weight excluding hydrogens is 320 g/mol. The molecule has 0 saturated carbocycles. The SMILES string of the molecule is CC.CC.CC.Cc1cc2ccccc2c(O)c1N=Nc1ccccc1. The smallest absolute Gasteiger partial charge is 0.151 e. The molecule has 3 rings (SSSR count). The molecule has 26 heavy (non-hydrogen) atoms. The van der Waals surface area contributed by atoms with E-state index in [2.05, 4.69) is 10.2 Å². The second-order valence-corrected chi connectivity index (χ2v) is 4.65. The molecule has 0 aromatic heterocycles. The molecule has 140 valence electrons. The van der Waals surface area contributed by atoms with Crippen molar-refractivity contribution in [2.45, 2.75) is 48.5 Å². The summed E-state index contributed by atoms with van der Waals surface area (Å²) in [5.41, 5.74) is 2.19. The Bertz CT molecular complexity index is 781. The van der Waals surface area contributed by atoms with Gasteiger partial charge < -0.3 is 5.11 Å². The molecule has 3 aromatic carbocycles. The van der Waals surface area contributed by atoms with E-state index in [4.69, 9.17) is 0 Å². The number of azo groups is 1. The Morgan fingerprint density at radius 2 is 1.23 bits per heavy atom. The van der Waals surface area contributed by atoms with E-state index in [-0.39, 0.29) is 5.75 Å². The molecule has 0 heterocycles. The minimum Gasteiger partial charge on any atom is -0.505 e. The van der Waals surface area contributed by atoms with Crippen LogP contribution < -0.4 is 0 Å². The lowest BCUT2D eigenvalue weighted by Crippen LogP contribution is -1.80. The third kappa shape index (κ3) is 6.32. The molecule has 0 fully saturated rings. The summed E-state index contributed by atoms with van der Waals surface area (Å²) in [6.07, 6.45) is 0. The van der Waals surface area contributed by atoms with Crippen LogP contribution in [0.25, 0.3) is 10.8 Å². The predicted octanol–water partition coefficient (Wildman–Crippen LogP) is 8.35. The van der Waals surface area contributed by atoms with Crippen molar-refractivity contribution in [1.29, 1.82) is 0 Å². The molecule has 0 bridgehead atoms. The normalized spacial score (nSPS) is 9.35. The van der Waals surface area contributed by atoms with Crippen molar-refractivity contribution in [3.05, 3.63) is 66.2 Å². The van der Waals surface area contributed by atoms with E-state index >= 15 is 0 Å². The Kier molecular flexibility index (Phi) is 12.2. The third-order valence-electron chi connectivity index (χ3n) is 3.21. The van der Waals surface area contributed by atoms with Crippen LogP contribution in [-0.4, -0.2) is 5.11 Å². The number of benzene rings is 3. The average molecular weight is 353 g/mol.